The molecule has 5 heteroatoms. The molecule has 0 fully saturated rings. The average Bonchev–Trinajstić information content (AvgIpc) is 3.01. The average molecular weight is 377 g/mol. The van der Waals surface area contributed by atoms with Crippen molar-refractivity contribution in [1.29, 1.82) is 0 Å². The summed E-state index contributed by atoms with van der Waals surface area (Å²) in [5, 5.41) is 3.49. The number of nitrogens with one attached hydrogen (secondary N) is 1. The molecule has 2 amide bonds. The highest BCUT2D eigenvalue weighted by molar-refractivity contribution is 6.30. The Morgan fingerprint density at radius 1 is 1.04 bits per heavy atom. The molecule has 0 radical (unpaired) electrons. The molecule has 1 heterocycles. The first-order valence-electron chi connectivity index (χ1n) is 8.60. The van der Waals surface area contributed by atoms with Crippen molar-refractivity contribution in [2.45, 2.75) is 13.5 Å². The van der Waals surface area contributed by atoms with E-state index in [0.29, 0.717) is 22.8 Å². The highest BCUT2D eigenvalue weighted by atomic mass is 35.5. The first-order chi connectivity index (χ1) is 13.0. The number of hydrogen-bond donors (Lipinski definition) is 1. The molecule has 134 valence electrons. The third-order valence-electron chi connectivity index (χ3n) is 4.70. The third kappa shape index (κ3) is 3.32. The molecule has 1 aliphatic heterocycles. The van der Waals surface area contributed by atoms with E-state index >= 15 is 0 Å². The lowest BCUT2D eigenvalue weighted by molar-refractivity contribution is 0.0994. The van der Waals surface area contributed by atoms with Gasteiger partial charge in [0.05, 0.1) is 6.54 Å². The summed E-state index contributed by atoms with van der Waals surface area (Å²) in [4.78, 5) is 26.8. The summed E-state index contributed by atoms with van der Waals surface area (Å²) in [6.45, 7) is 2.47. The van der Waals surface area contributed by atoms with Crippen LogP contribution in [0.1, 0.15) is 31.8 Å². The fraction of sp³-hybridized carbons (Fsp3) is 0.0909. The number of nitrogens with zero attached hydrogens (tertiary/aromatic N) is 1. The van der Waals surface area contributed by atoms with Gasteiger partial charge >= 0.3 is 0 Å². The number of aryl methyl sites for hydroxylation is 1. The Hall–Kier alpha value is -3.11. The summed E-state index contributed by atoms with van der Waals surface area (Å²) >= 11 is 5.86. The van der Waals surface area contributed by atoms with Crippen LogP contribution in [0.4, 0.5) is 11.4 Å². The van der Waals surface area contributed by atoms with Crippen LogP contribution < -0.4 is 10.2 Å². The Morgan fingerprint density at radius 3 is 2.48 bits per heavy atom. The summed E-state index contributed by atoms with van der Waals surface area (Å²) in [5.41, 5.74) is 4.73. The second kappa shape index (κ2) is 6.89. The highest BCUT2D eigenvalue weighted by Gasteiger charge is 2.28. The molecule has 0 spiro atoms. The third-order valence-corrected chi connectivity index (χ3v) is 4.95. The molecule has 0 saturated carbocycles. The van der Waals surface area contributed by atoms with E-state index in [1.54, 1.807) is 29.2 Å². The summed E-state index contributed by atoms with van der Waals surface area (Å²) in [7, 11) is 0. The Bertz CT molecular complexity index is 1040. The topological polar surface area (TPSA) is 49.4 Å². The molecular formula is C22H17ClN2O2. The minimum atomic E-state index is -0.202. The Morgan fingerprint density at radius 2 is 1.78 bits per heavy atom. The second-order valence-electron chi connectivity index (χ2n) is 6.51. The molecule has 0 unspecified atom stereocenters. The summed E-state index contributed by atoms with van der Waals surface area (Å²) in [6, 6.07) is 20.0. The maximum atomic E-state index is 12.6. The summed E-state index contributed by atoms with van der Waals surface area (Å²) < 4.78 is 0. The van der Waals surface area contributed by atoms with Crippen LogP contribution >= 0.6 is 11.6 Å². The molecule has 4 nitrogen and oxygen atoms in total. The van der Waals surface area contributed by atoms with Crippen molar-refractivity contribution in [3.63, 3.8) is 0 Å². The van der Waals surface area contributed by atoms with Crippen LogP contribution in [0, 0.1) is 6.92 Å². The van der Waals surface area contributed by atoms with Crippen molar-refractivity contribution in [2.24, 2.45) is 0 Å². The van der Waals surface area contributed by atoms with Crippen LogP contribution in [-0.4, -0.2) is 11.8 Å². The van der Waals surface area contributed by atoms with Gasteiger partial charge in [-0.3, -0.25) is 9.59 Å². The molecule has 3 aromatic rings. The predicted octanol–water partition coefficient (Wildman–Crippen LogP) is 5.06. The minimum absolute atomic E-state index is 0.00273. The van der Waals surface area contributed by atoms with Gasteiger partial charge in [0.1, 0.15) is 0 Å². The molecular weight excluding hydrogens is 360 g/mol. The maximum Gasteiger partial charge on any atom is 0.258 e. The minimum Gasteiger partial charge on any atom is -0.322 e. The monoisotopic (exact) mass is 376 g/mol. The van der Waals surface area contributed by atoms with E-state index in [1.807, 2.05) is 49.4 Å². The van der Waals surface area contributed by atoms with E-state index in [0.717, 1.165) is 22.4 Å². The number of rotatable bonds is 3. The van der Waals surface area contributed by atoms with E-state index in [9.17, 15) is 9.59 Å². The SMILES string of the molecule is Cc1cc(N2Cc3ccccc3C2=O)ccc1NC(=O)c1ccc(Cl)cc1. The van der Waals surface area contributed by atoms with Gasteiger partial charge in [0.15, 0.2) is 0 Å². The fourth-order valence-electron chi connectivity index (χ4n) is 3.21. The smallest absolute Gasteiger partial charge is 0.258 e. The molecule has 1 aliphatic rings. The van der Waals surface area contributed by atoms with Crippen LogP contribution in [0.3, 0.4) is 0 Å². The molecule has 0 aromatic heterocycles. The number of amides is 2. The van der Waals surface area contributed by atoms with Gasteiger partial charge in [-0.15, -0.1) is 0 Å². The Kier molecular flexibility index (Phi) is 4.42. The predicted molar refractivity (Wildman–Crippen MR) is 108 cm³/mol. The molecule has 27 heavy (non-hydrogen) atoms. The van der Waals surface area contributed by atoms with E-state index in [1.165, 1.54) is 0 Å². The number of fused-ring (bicyclic) bond motifs is 1. The van der Waals surface area contributed by atoms with Gasteiger partial charge in [-0.25, -0.2) is 0 Å². The molecule has 0 atom stereocenters. The lowest BCUT2D eigenvalue weighted by Crippen LogP contribution is -2.23. The maximum absolute atomic E-state index is 12.6. The number of halogens is 1. The number of anilines is 2. The molecule has 3 aromatic carbocycles. The van der Waals surface area contributed by atoms with Gasteiger partial charge in [-0.05, 0) is 66.6 Å². The molecule has 1 N–H and O–H groups in total. The lowest BCUT2D eigenvalue weighted by atomic mass is 10.1. The molecule has 0 bridgehead atoms. The zero-order valence-corrected chi connectivity index (χ0v) is 15.5. The van der Waals surface area contributed by atoms with Gasteiger partial charge in [0.2, 0.25) is 0 Å². The normalized spacial score (nSPS) is 12.8. The van der Waals surface area contributed by atoms with E-state index in [-0.39, 0.29) is 11.8 Å². The first kappa shape index (κ1) is 17.3. The van der Waals surface area contributed by atoms with Crippen LogP contribution in [-0.2, 0) is 6.54 Å². The molecule has 0 aliphatic carbocycles. The van der Waals surface area contributed by atoms with Crippen molar-refractivity contribution in [3.8, 4) is 0 Å². The van der Waals surface area contributed by atoms with Gasteiger partial charge in [0.25, 0.3) is 11.8 Å². The van der Waals surface area contributed by atoms with Crippen molar-refractivity contribution >= 4 is 34.8 Å². The largest absolute Gasteiger partial charge is 0.322 e. The van der Waals surface area contributed by atoms with Gasteiger partial charge in [0, 0.05) is 27.5 Å². The fourth-order valence-corrected chi connectivity index (χ4v) is 3.34. The van der Waals surface area contributed by atoms with Crippen LogP contribution in [0.5, 0.6) is 0 Å². The molecule has 0 saturated heterocycles. The van der Waals surface area contributed by atoms with Crippen LogP contribution in [0.15, 0.2) is 66.7 Å². The van der Waals surface area contributed by atoms with Crippen molar-refractivity contribution in [1.82, 2.24) is 0 Å². The second-order valence-corrected chi connectivity index (χ2v) is 6.95. The Balaban J connectivity index is 1.54. The van der Waals surface area contributed by atoms with Crippen LogP contribution in [0.2, 0.25) is 5.02 Å². The quantitative estimate of drug-likeness (QED) is 0.694. The first-order valence-corrected chi connectivity index (χ1v) is 8.98. The van der Waals surface area contributed by atoms with Gasteiger partial charge in [-0.2, -0.15) is 0 Å². The Labute approximate surface area is 162 Å². The zero-order chi connectivity index (χ0) is 19.0. The van der Waals surface area contributed by atoms with Crippen molar-refractivity contribution < 1.29 is 9.59 Å². The van der Waals surface area contributed by atoms with Crippen LogP contribution in [0.25, 0.3) is 0 Å². The van der Waals surface area contributed by atoms with Gasteiger partial charge in [-0.1, -0.05) is 29.8 Å². The number of carbonyl (C=O) groups excluding carboxylic acids is 2. The number of benzene rings is 3. The van der Waals surface area contributed by atoms with E-state index in [2.05, 4.69) is 5.32 Å². The van der Waals surface area contributed by atoms with E-state index in [4.69, 9.17) is 11.6 Å². The number of hydrogen-bond acceptors (Lipinski definition) is 2. The van der Waals surface area contributed by atoms with Gasteiger partial charge < -0.3 is 10.2 Å². The summed E-state index contributed by atoms with van der Waals surface area (Å²) in [5.74, 6) is -0.199. The molecule has 4 rings (SSSR count). The van der Waals surface area contributed by atoms with Crippen molar-refractivity contribution in [2.75, 3.05) is 10.2 Å². The number of carbonyl (C=O) groups is 2. The highest BCUT2D eigenvalue weighted by Crippen LogP contribution is 2.30. The lowest BCUT2D eigenvalue weighted by Gasteiger charge is -2.18. The zero-order valence-electron chi connectivity index (χ0n) is 14.7. The standard InChI is InChI=1S/C22H17ClN2O2/c1-14-12-18(25-13-16-4-2-3-5-19(16)22(25)27)10-11-20(14)24-21(26)15-6-8-17(23)9-7-15/h2-12H,13H2,1H3,(H,24,26). The van der Waals surface area contributed by atoms with Crippen molar-refractivity contribution in [3.05, 3.63) is 94.0 Å². The van der Waals surface area contributed by atoms with E-state index < -0.39 is 0 Å². The summed E-state index contributed by atoms with van der Waals surface area (Å²) in [6.07, 6.45) is 0.